The van der Waals surface area contributed by atoms with Crippen molar-refractivity contribution < 1.29 is 20.1 Å². The van der Waals surface area contributed by atoms with E-state index in [9.17, 15) is 4.79 Å². The Labute approximate surface area is 64.4 Å². The van der Waals surface area contributed by atoms with Crippen molar-refractivity contribution in [2.24, 2.45) is 5.73 Å². The van der Waals surface area contributed by atoms with Gasteiger partial charge in [0.2, 0.25) is 0 Å². The maximum atomic E-state index is 9.99. The molecular weight excluding hydrogens is 150 g/mol. The Morgan fingerprint density at radius 3 is 2.27 bits per heavy atom. The monoisotopic (exact) mass is 163 g/mol. The normalized spacial score (nSPS) is 15.9. The van der Waals surface area contributed by atoms with Gasteiger partial charge in [0.25, 0.3) is 0 Å². The topological polar surface area (TPSA) is 104 Å². The molecule has 0 aliphatic carbocycles. The number of carboxylic acids is 1. The minimum atomic E-state index is -1.03. The molecule has 0 aliphatic heterocycles. The molecule has 5 N–H and O–H groups in total. The molecule has 0 fully saturated rings. The van der Waals surface area contributed by atoms with E-state index >= 15 is 0 Å². The average molecular weight is 163 g/mol. The predicted molar refractivity (Wildman–Crippen MR) is 37.9 cm³/mol. The second kappa shape index (κ2) is 5.06. The highest BCUT2D eigenvalue weighted by Gasteiger charge is 2.14. The Hall–Kier alpha value is -0.650. The maximum Gasteiger partial charge on any atom is 0.303 e. The summed E-state index contributed by atoms with van der Waals surface area (Å²) in [5.41, 5.74) is 5.02. The minimum absolute atomic E-state index is 0.0354. The molecule has 0 unspecified atom stereocenters. The van der Waals surface area contributed by atoms with Gasteiger partial charge in [0, 0.05) is 13.0 Å². The maximum absolute atomic E-state index is 9.99. The highest BCUT2D eigenvalue weighted by atomic mass is 16.4. The van der Waals surface area contributed by atoms with Gasteiger partial charge >= 0.3 is 5.97 Å². The molecule has 5 nitrogen and oxygen atoms in total. The van der Waals surface area contributed by atoms with Crippen LogP contribution >= 0.6 is 0 Å². The Balaban J connectivity index is 3.51. The highest BCUT2D eigenvalue weighted by Crippen LogP contribution is 2.00. The van der Waals surface area contributed by atoms with Crippen molar-refractivity contribution in [1.29, 1.82) is 0 Å². The van der Waals surface area contributed by atoms with Gasteiger partial charge in [0.1, 0.15) is 0 Å². The minimum Gasteiger partial charge on any atom is -0.481 e. The second-order valence-corrected chi connectivity index (χ2v) is 2.30. The van der Waals surface area contributed by atoms with E-state index in [1.807, 2.05) is 0 Å². The number of aliphatic hydroxyl groups is 2. The summed E-state index contributed by atoms with van der Waals surface area (Å²) in [6.45, 7) is -0.0548. The molecule has 2 atom stereocenters. The standard InChI is InChI=1S/C6H13NO4/c7-3-5(9)4(8)1-2-6(10)11/h4-5,8-9H,1-3,7H2,(H,10,11)/t4-,5+/m0/s1. The molecule has 0 rings (SSSR count). The van der Waals surface area contributed by atoms with E-state index in [2.05, 4.69) is 0 Å². The zero-order chi connectivity index (χ0) is 8.85. The Morgan fingerprint density at radius 2 is 1.91 bits per heavy atom. The molecule has 0 heterocycles. The van der Waals surface area contributed by atoms with Gasteiger partial charge < -0.3 is 21.1 Å². The molecule has 0 aliphatic rings. The van der Waals surface area contributed by atoms with Crippen molar-refractivity contribution in [3.63, 3.8) is 0 Å². The molecule has 0 aromatic heterocycles. The number of aliphatic carboxylic acids is 1. The fraction of sp³-hybridized carbons (Fsp3) is 0.833. The van der Waals surface area contributed by atoms with E-state index in [1.165, 1.54) is 0 Å². The van der Waals surface area contributed by atoms with Crippen LogP contribution in [0, 0.1) is 0 Å². The van der Waals surface area contributed by atoms with Crippen LogP contribution in [0.2, 0.25) is 0 Å². The van der Waals surface area contributed by atoms with Crippen molar-refractivity contribution in [3.05, 3.63) is 0 Å². The average Bonchev–Trinajstić information content (AvgIpc) is 1.98. The summed E-state index contributed by atoms with van der Waals surface area (Å²) in [7, 11) is 0. The lowest BCUT2D eigenvalue weighted by molar-refractivity contribution is -0.138. The predicted octanol–water partition coefficient (Wildman–Crippen LogP) is -1.47. The third-order valence-corrected chi connectivity index (χ3v) is 1.34. The Morgan fingerprint density at radius 1 is 1.36 bits per heavy atom. The molecule has 0 spiro atoms. The summed E-state index contributed by atoms with van der Waals surface area (Å²) in [4.78, 5) is 9.99. The quantitative estimate of drug-likeness (QED) is 0.396. The van der Waals surface area contributed by atoms with Crippen LogP contribution < -0.4 is 5.73 Å². The van der Waals surface area contributed by atoms with Crippen LogP contribution in [-0.2, 0) is 4.79 Å². The molecule has 0 radical (unpaired) electrons. The van der Waals surface area contributed by atoms with Crippen LogP contribution in [0.3, 0.4) is 0 Å². The van der Waals surface area contributed by atoms with Crippen molar-refractivity contribution in [2.75, 3.05) is 6.54 Å². The second-order valence-electron chi connectivity index (χ2n) is 2.30. The molecule has 66 valence electrons. The number of carboxylic acid groups (broad SMARTS) is 1. The summed E-state index contributed by atoms with van der Waals surface area (Å²) in [5.74, 6) is -0.992. The molecule has 5 heteroatoms. The van der Waals surface area contributed by atoms with Crippen LogP contribution in [-0.4, -0.2) is 40.0 Å². The number of carbonyl (C=O) groups is 1. The van der Waals surface area contributed by atoms with Crippen LogP contribution in [0.15, 0.2) is 0 Å². The molecule has 0 saturated carbocycles. The number of rotatable bonds is 5. The fourth-order valence-electron chi connectivity index (χ4n) is 0.621. The van der Waals surface area contributed by atoms with Gasteiger partial charge in [-0.2, -0.15) is 0 Å². The number of hydrogen-bond acceptors (Lipinski definition) is 4. The van der Waals surface area contributed by atoms with Crippen LogP contribution in [0.1, 0.15) is 12.8 Å². The molecule has 0 aromatic carbocycles. The van der Waals surface area contributed by atoms with E-state index in [4.69, 9.17) is 21.1 Å². The largest absolute Gasteiger partial charge is 0.481 e. The van der Waals surface area contributed by atoms with Gasteiger partial charge in [-0.15, -0.1) is 0 Å². The van der Waals surface area contributed by atoms with Gasteiger partial charge in [-0.05, 0) is 6.42 Å². The van der Waals surface area contributed by atoms with Crippen LogP contribution in [0.25, 0.3) is 0 Å². The summed E-state index contributed by atoms with van der Waals surface area (Å²) in [5, 5.41) is 26.0. The first-order chi connectivity index (χ1) is 5.07. The van der Waals surface area contributed by atoms with Gasteiger partial charge in [0.15, 0.2) is 0 Å². The Kier molecular flexibility index (Phi) is 4.76. The van der Waals surface area contributed by atoms with Gasteiger partial charge in [0.05, 0.1) is 12.2 Å². The molecule has 11 heavy (non-hydrogen) atoms. The van der Waals surface area contributed by atoms with Crippen molar-refractivity contribution in [1.82, 2.24) is 0 Å². The summed E-state index contributed by atoms with van der Waals surface area (Å²) < 4.78 is 0. The van der Waals surface area contributed by atoms with Crippen molar-refractivity contribution in [2.45, 2.75) is 25.0 Å². The third kappa shape index (κ3) is 4.72. The lowest BCUT2D eigenvalue weighted by Gasteiger charge is -2.14. The van der Waals surface area contributed by atoms with Gasteiger partial charge in [-0.1, -0.05) is 0 Å². The van der Waals surface area contributed by atoms with Crippen molar-refractivity contribution >= 4 is 5.97 Å². The third-order valence-electron chi connectivity index (χ3n) is 1.34. The van der Waals surface area contributed by atoms with E-state index in [0.29, 0.717) is 0 Å². The first-order valence-electron chi connectivity index (χ1n) is 3.36. The molecule has 0 saturated heterocycles. The van der Waals surface area contributed by atoms with Crippen LogP contribution in [0.4, 0.5) is 0 Å². The van der Waals surface area contributed by atoms with E-state index in [-0.39, 0.29) is 19.4 Å². The Bertz CT molecular complexity index is 128. The zero-order valence-corrected chi connectivity index (χ0v) is 6.10. The summed E-state index contributed by atoms with van der Waals surface area (Å²) in [6.07, 6.45) is -2.17. The molecule has 0 bridgehead atoms. The summed E-state index contributed by atoms with van der Waals surface area (Å²) in [6, 6.07) is 0. The molecule has 0 amide bonds. The first-order valence-corrected chi connectivity index (χ1v) is 3.36. The number of nitrogens with two attached hydrogens (primary N) is 1. The van der Waals surface area contributed by atoms with E-state index in [0.717, 1.165) is 0 Å². The highest BCUT2D eigenvalue weighted by molar-refractivity contribution is 5.66. The molecular formula is C6H13NO4. The lowest BCUT2D eigenvalue weighted by Crippen LogP contribution is -2.33. The van der Waals surface area contributed by atoms with Gasteiger partial charge in [-0.25, -0.2) is 0 Å². The fourth-order valence-corrected chi connectivity index (χ4v) is 0.621. The number of hydrogen-bond donors (Lipinski definition) is 4. The van der Waals surface area contributed by atoms with E-state index < -0.39 is 18.2 Å². The lowest BCUT2D eigenvalue weighted by atomic mass is 10.1. The van der Waals surface area contributed by atoms with Gasteiger partial charge in [-0.3, -0.25) is 4.79 Å². The number of aliphatic hydroxyl groups excluding tert-OH is 2. The van der Waals surface area contributed by atoms with Crippen LogP contribution in [0.5, 0.6) is 0 Å². The van der Waals surface area contributed by atoms with Crippen molar-refractivity contribution in [3.8, 4) is 0 Å². The summed E-state index contributed by atoms with van der Waals surface area (Å²) >= 11 is 0. The first kappa shape index (κ1) is 10.3. The smallest absolute Gasteiger partial charge is 0.303 e. The molecule has 0 aromatic rings. The zero-order valence-electron chi connectivity index (χ0n) is 6.10. The SMILES string of the molecule is NC[C@@H](O)[C@@H](O)CCC(=O)O. The van der Waals surface area contributed by atoms with E-state index in [1.54, 1.807) is 0 Å².